The van der Waals surface area contributed by atoms with Crippen molar-refractivity contribution in [1.29, 1.82) is 0 Å². The van der Waals surface area contributed by atoms with E-state index in [1.165, 1.54) is 0 Å². The molecule has 0 unspecified atom stereocenters. The quantitative estimate of drug-likeness (QED) is 0.403. The van der Waals surface area contributed by atoms with Gasteiger partial charge in [0.15, 0.2) is 11.4 Å². The average Bonchev–Trinajstić information content (AvgIpc) is 2.78. The van der Waals surface area contributed by atoms with Crippen molar-refractivity contribution in [1.82, 2.24) is 4.98 Å². The maximum Gasteiger partial charge on any atom is 0.360 e. The molecule has 144 valence electrons. The molecule has 0 amide bonds. The highest BCUT2D eigenvalue weighted by Crippen LogP contribution is 2.32. The molecule has 3 aromatic carbocycles. The Morgan fingerprint density at radius 3 is 2.34 bits per heavy atom. The van der Waals surface area contributed by atoms with Crippen molar-refractivity contribution < 1.29 is 14.3 Å². The van der Waals surface area contributed by atoms with Gasteiger partial charge in [0, 0.05) is 5.39 Å². The third kappa shape index (κ3) is 4.11. The van der Waals surface area contributed by atoms with Crippen molar-refractivity contribution in [2.24, 2.45) is 0 Å². The topological polar surface area (TPSA) is 48.4 Å². The number of esters is 1. The van der Waals surface area contributed by atoms with Crippen LogP contribution in [0.15, 0.2) is 84.9 Å². The Hall–Kier alpha value is -3.66. The maximum atomic E-state index is 12.5. The number of benzene rings is 3. The van der Waals surface area contributed by atoms with Gasteiger partial charge < -0.3 is 9.47 Å². The molecule has 0 aliphatic carbocycles. The molecule has 0 N–H and O–H groups in total. The SMILES string of the molecule is CCOC(=O)c1nc2cccc(-c3ccccc3)c2cc1OCc1ccccc1. The van der Waals surface area contributed by atoms with E-state index in [4.69, 9.17) is 9.47 Å². The van der Waals surface area contributed by atoms with Gasteiger partial charge in [-0.25, -0.2) is 9.78 Å². The number of aromatic nitrogens is 1. The lowest BCUT2D eigenvalue weighted by Crippen LogP contribution is -2.10. The third-order valence-corrected chi connectivity index (χ3v) is 4.61. The lowest BCUT2D eigenvalue weighted by atomic mass is 10.00. The first-order valence-electron chi connectivity index (χ1n) is 9.59. The van der Waals surface area contributed by atoms with Gasteiger partial charge in [-0.05, 0) is 35.7 Å². The first kappa shape index (κ1) is 18.7. The fourth-order valence-corrected chi connectivity index (χ4v) is 3.24. The first-order valence-corrected chi connectivity index (χ1v) is 9.59. The number of ether oxygens (including phenoxy) is 2. The van der Waals surface area contributed by atoms with Crippen molar-refractivity contribution in [3.63, 3.8) is 0 Å². The molecule has 0 aliphatic heterocycles. The highest BCUT2D eigenvalue weighted by Gasteiger charge is 2.19. The molecule has 0 atom stereocenters. The smallest absolute Gasteiger partial charge is 0.360 e. The zero-order chi connectivity index (χ0) is 20.1. The van der Waals surface area contributed by atoms with E-state index >= 15 is 0 Å². The number of rotatable bonds is 6. The Bertz CT molecular complexity index is 1120. The molecule has 4 heteroatoms. The number of hydrogen-bond donors (Lipinski definition) is 0. The summed E-state index contributed by atoms with van der Waals surface area (Å²) in [5.74, 6) is -0.0641. The summed E-state index contributed by atoms with van der Waals surface area (Å²) in [6.45, 7) is 2.39. The summed E-state index contributed by atoms with van der Waals surface area (Å²) in [7, 11) is 0. The highest BCUT2D eigenvalue weighted by molar-refractivity contribution is 5.99. The Morgan fingerprint density at radius 2 is 1.62 bits per heavy atom. The molecule has 4 rings (SSSR count). The van der Waals surface area contributed by atoms with Crippen molar-refractivity contribution >= 4 is 16.9 Å². The van der Waals surface area contributed by atoms with Crippen LogP contribution in [0.3, 0.4) is 0 Å². The second-order valence-corrected chi connectivity index (χ2v) is 6.57. The van der Waals surface area contributed by atoms with Crippen LogP contribution < -0.4 is 4.74 Å². The highest BCUT2D eigenvalue weighted by atomic mass is 16.5. The van der Waals surface area contributed by atoms with E-state index in [-0.39, 0.29) is 12.3 Å². The fourth-order valence-electron chi connectivity index (χ4n) is 3.24. The molecule has 29 heavy (non-hydrogen) atoms. The number of carbonyl (C=O) groups is 1. The van der Waals surface area contributed by atoms with Gasteiger partial charge in [-0.15, -0.1) is 0 Å². The summed E-state index contributed by atoms with van der Waals surface area (Å²) in [5, 5.41) is 0.926. The predicted molar refractivity (Wildman–Crippen MR) is 114 cm³/mol. The maximum absolute atomic E-state index is 12.5. The van der Waals surface area contributed by atoms with Gasteiger partial charge in [0.25, 0.3) is 0 Å². The second-order valence-electron chi connectivity index (χ2n) is 6.57. The third-order valence-electron chi connectivity index (χ3n) is 4.61. The summed E-state index contributed by atoms with van der Waals surface area (Å²) >= 11 is 0. The van der Waals surface area contributed by atoms with Gasteiger partial charge in [-0.3, -0.25) is 0 Å². The van der Waals surface area contributed by atoms with E-state index in [1.54, 1.807) is 6.92 Å². The van der Waals surface area contributed by atoms with Gasteiger partial charge in [-0.1, -0.05) is 72.8 Å². The molecule has 0 saturated heterocycles. The molecular weight excluding hydrogens is 362 g/mol. The number of hydrogen-bond acceptors (Lipinski definition) is 4. The largest absolute Gasteiger partial charge is 0.486 e. The molecule has 0 aliphatic rings. The lowest BCUT2D eigenvalue weighted by Gasteiger charge is -2.14. The minimum Gasteiger partial charge on any atom is -0.486 e. The van der Waals surface area contributed by atoms with Gasteiger partial charge >= 0.3 is 5.97 Å². The Labute approximate surface area is 169 Å². The molecule has 1 heterocycles. The van der Waals surface area contributed by atoms with E-state index in [9.17, 15) is 4.79 Å². The Morgan fingerprint density at radius 1 is 0.897 bits per heavy atom. The van der Waals surface area contributed by atoms with E-state index in [1.807, 2.05) is 72.8 Å². The predicted octanol–water partition coefficient (Wildman–Crippen LogP) is 5.66. The Kier molecular flexibility index (Phi) is 5.52. The monoisotopic (exact) mass is 383 g/mol. The van der Waals surface area contributed by atoms with Crippen LogP contribution in [0.5, 0.6) is 5.75 Å². The van der Waals surface area contributed by atoms with E-state index in [0.717, 1.165) is 27.6 Å². The van der Waals surface area contributed by atoms with Crippen LogP contribution in [0.2, 0.25) is 0 Å². The van der Waals surface area contributed by atoms with Gasteiger partial charge in [0.1, 0.15) is 6.61 Å². The number of pyridine rings is 1. The van der Waals surface area contributed by atoms with Crippen molar-refractivity contribution in [3.8, 4) is 16.9 Å². The van der Waals surface area contributed by atoms with Crippen molar-refractivity contribution in [2.75, 3.05) is 6.61 Å². The van der Waals surface area contributed by atoms with E-state index < -0.39 is 5.97 Å². The van der Waals surface area contributed by atoms with Gasteiger partial charge in [0.2, 0.25) is 0 Å². The second kappa shape index (κ2) is 8.57. The minimum absolute atomic E-state index is 0.195. The molecule has 4 nitrogen and oxygen atoms in total. The van der Waals surface area contributed by atoms with E-state index in [0.29, 0.717) is 12.4 Å². The molecule has 1 aromatic heterocycles. The van der Waals surface area contributed by atoms with Crippen LogP contribution in [0.25, 0.3) is 22.0 Å². The van der Waals surface area contributed by atoms with Crippen LogP contribution >= 0.6 is 0 Å². The fraction of sp³-hybridized carbons (Fsp3) is 0.120. The average molecular weight is 383 g/mol. The summed E-state index contributed by atoms with van der Waals surface area (Å²) in [5.41, 5.74) is 4.05. The van der Waals surface area contributed by atoms with Crippen molar-refractivity contribution in [3.05, 3.63) is 96.2 Å². The van der Waals surface area contributed by atoms with Crippen LogP contribution in [-0.2, 0) is 11.3 Å². The zero-order valence-electron chi connectivity index (χ0n) is 16.2. The standard InChI is InChI=1S/C25H21NO3/c1-2-28-25(27)24-23(29-17-18-10-5-3-6-11-18)16-21-20(14-9-15-22(21)26-24)19-12-7-4-8-13-19/h3-16H,2,17H2,1H3. The minimum atomic E-state index is -0.484. The Balaban J connectivity index is 1.81. The normalized spacial score (nSPS) is 10.7. The van der Waals surface area contributed by atoms with Gasteiger partial charge in [0.05, 0.1) is 12.1 Å². The van der Waals surface area contributed by atoms with E-state index in [2.05, 4.69) is 17.1 Å². The molecule has 0 fully saturated rings. The molecule has 4 aromatic rings. The first-order chi connectivity index (χ1) is 14.3. The summed E-state index contributed by atoms with van der Waals surface area (Å²) in [6, 6.07) is 27.7. The molecule has 0 radical (unpaired) electrons. The lowest BCUT2D eigenvalue weighted by molar-refractivity contribution is 0.0514. The summed E-state index contributed by atoms with van der Waals surface area (Å²) in [4.78, 5) is 17.1. The molecular formula is C25H21NO3. The number of carbonyl (C=O) groups excluding carboxylic acids is 1. The molecule has 0 spiro atoms. The van der Waals surface area contributed by atoms with Crippen LogP contribution in [-0.4, -0.2) is 17.6 Å². The van der Waals surface area contributed by atoms with Crippen LogP contribution in [0.4, 0.5) is 0 Å². The zero-order valence-corrected chi connectivity index (χ0v) is 16.2. The number of fused-ring (bicyclic) bond motifs is 1. The number of nitrogens with zero attached hydrogens (tertiary/aromatic N) is 1. The summed E-state index contributed by atoms with van der Waals surface area (Å²) < 4.78 is 11.2. The molecule has 0 bridgehead atoms. The van der Waals surface area contributed by atoms with Gasteiger partial charge in [-0.2, -0.15) is 0 Å². The van der Waals surface area contributed by atoms with Crippen LogP contribution in [0, 0.1) is 0 Å². The molecule has 0 saturated carbocycles. The van der Waals surface area contributed by atoms with Crippen LogP contribution in [0.1, 0.15) is 23.0 Å². The van der Waals surface area contributed by atoms with Crippen molar-refractivity contribution in [2.45, 2.75) is 13.5 Å². The summed E-state index contributed by atoms with van der Waals surface area (Å²) in [6.07, 6.45) is 0.